The minimum Gasteiger partial charge on any atom is -0.392 e. The summed E-state index contributed by atoms with van der Waals surface area (Å²) in [7, 11) is 0. The first-order chi connectivity index (χ1) is 29.5. The van der Waals surface area contributed by atoms with Gasteiger partial charge in [0, 0.05) is 82.2 Å². The number of ketones is 6. The molecule has 0 bridgehead atoms. The highest BCUT2D eigenvalue weighted by molar-refractivity contribution is 5.97. The van der Waals surface area contributed by atoms with Crippen molar-refractivity contribution in [3.05, 3.63) is 0 Å². The van der Waals surface area contributed by atoms with Crippen molar-refractivity contribution < 1.29 is 57.8 Å². The minimum atomic E-state index is -1.16. The number of nitrogens with two attached hydrogens (primary N) is 1. The zero-order chi connectivity index (χ0) is 47.6. The van der Waals surface area contributed by atoms with Gasteiger partial charge < -0.3 is 37.0 Å². The highest BCUT2D eigenvalue weighted by atomic mass is 16.3. The predicted octanol–water partition coefficient (Wildman–Crippen LogP) is 1.20. The van der Waals surface area contributed by atoms with Gasteiger partial charge >= 0.3 is 0 Å². The maximum absolute atomic E-state index is 13.6. The molecule has 18 nitrogen and oxygen atoms in total. The molecule has 354 valence electrons. The van der Waals surface area contributed by atoms with E-state index in [1.54, 1.807) is 6.92 Å². The Bertz CT molecular complexity index is 1680. The minimum absolute atomic E-state index is 0.00965. The normalized spacial score (nSPS) is 19.7. The zero-order valence-electron chi connectivity index (χ0n) is 38.3. The van der Waals surface area contributed by atoms with Gasteiger partial charge in [0.15, 0.2) is 23.1 Å². The fourth-order valence-electron chi connectivity index (χ4n) is 7.99. The van der Waals surface area contributed by atoms with E-state index in [0.29, 0.717) is 25.8 Å². The molecule has 2 saturated heterocycles. The summed E-state index contributed by atoms with van der Waals surface area (Å²) < 4.78 is 0. The Morgan fingerprint density at radius 1 is 0.746 bits per heavy atom. The van der Waals surface area contributed by atoms with E-state index in [2.05, 4.69) is 21.3 Å². The molecule has 2 heterocycles. The lowest BCUT2D eigenvalue weighted by molar-refractivity contribution is -0.139. The molecule has 2 aliphatic heterocycles. The highest BCUT2D eigenvalue weighted by Crippen LogP contribution is 2.24. The van der Waals surface area contributed by atoms with E-state index in [1.807, 2.05) is 27.7 Å². The van der Waals surface area contributed by atoms with E-state index in [-0.39, 0.29) is 112 Å². The second-order valence-corrected chi connectivity index (χ2v) is 18.3. The van der Waals surface area contributed by atoms with Gasteiger partial charge in [-0.05, 0) is 64.2 Å². The van der Waals surface area contributed by atoms with Gasteiger partial charge in [0.1, 0.15) is 11.6 Å². The standard InChI is InChI=1S/C45H72N6O12/c1-25(2)17-30(45(63)49-28(6)37(55)12-15-43(61)51-16-8-9-36(51)40(58)19-27(5)29(7)52)20-32(53)24-48-44(62)31(18-26(3)4)21-39(57)34(10-13-41(46)59)50-42(60)14-11-38(56)35-22-33(54)23-47-35/h25-28,30-31,33-36,47,54H,8-24H2,1-7H3,(H2,46,59)(H,48,62)(H,49,63)(H,50,60)/t27-,28+,30-,31-,33-,34+,35+,36+/m1/s1. The van der Waals surface area contributed by atoms with Crippen LogP contribution in [0.5, 0.6) is 0 Å². The average Bonchev–Trinajstić information content (AvgIpc) is 3.88. The van der Waals surface area contributed by atoms with Crippen LogP contribution in [0.25, 0.3) is 0 Å². The Morgan fingerprint density at radius 3 is 1.95 bits per heavy atom. The summed E-state index contributed by atoms with van der Waals surface area (Å²) in [6.07, 6.45) is -0.285. The van der Waals surface area contributed by atoms with Gasteiger partial charge in [0.25, 0.3) is 0 Å². The monoisotopic (exact) mass is 889 g/mol. The van der Waals surface area contributed by atoms with Crippen LogP contribution in [0.4, 0.5) is 0 Å². The van der Waals surface area contributed by atoms with Crippen molar-refractivity contribution in [2.45, 2.75) is 169 Å². The number of nitrogens with one attached hydrogen (secondary N) is 4. The molecule has 0 radical (unpaired) electrons. The van der Waals surface area contributed by atoms with Crippen LogP contribution in [0.15, 0.2) is 0 Å². The summed E-state index contributed by atoms with van der Waals surface area (Å²) in [5.41, 5.74) is 5.32. The largest absolute Gasteiger partial charge is 0.392 e. The molecule has 2 aliphatic rings. The highest BCUT2D eigenvalue weighted by Gasteiger charge is 2.36. The van der Waals surface area contributed by atoms with E-state index >= 15 is 0 Å². The second-order valence-electron chi connectivity index (χ2n) is 18.3. The quantitative estimate of drug-likeness (QED) is 0.0592. The molecule has 2 rings (SSSR count). The molecule has 0 aromatic rings. The molecule has 0 aromatic carbocycles. The number of rotatable bonds is 30. The lowest BCUT2D eigenvalue weighted by Crippen LogP contribution is -2.45. The van der Waals surface area contributed by atoms with Crippen molar-refractivity contribution in [1.29, 1.82) is 0 Å². The first-order valence-corrected chi connectivity index (χ1v) is 22.5. The molecule has 0 spiro atoms. The van der Waals surface area contributed by atoms with E-state index < -0.39 is 95.5 Å². The number of amides is 5. The number of β-amino-alcohol motifs (C(OH)–C–C–N with tert-alkyl or cyclic N) is 1. The van der Waals surface area contributed by atoms with E-state index in [0.717, 1.165) is 0 Å². The topological polar surface area (TPSA) is 285 Å². The van der Waals surface area contributed by atoms with Gasteiger partial charge in [-0.15, -0.1) is 0 Å². The third-order valence-corrected chi connectivity index (χ3v) is 11.7. The van der Waals surface area contributed by atoms with E-state index in [1.165, 1.54) is 18.7 Å². The number of Topliss-reactive ketones (excluding diaryl/α,β-unsaturated/α-hetero) is 6. The predicted molar refractivity (Wildman–Crippen MR) is 231 cm³/mol. The molecule has 0 aromatic heterocycles. The smallest absolute Gasteiger partial charge is 0.224 e. The number of carbonyl (C=O) groups is 11. The fourth-order valence-corrected chi connectivity index (χ4v) is 7.99. The third-order valence-electron chi connectivity index (χ3n) is 11.7. The molecule has 0 unspecified atom stereocenters. The Morgan fingerprint density at radius 2 is 1.38 bits per heavy atom. The van der Waals surface area contributed by atoms with Gasteiger partial charge in [-0.3, -0.25) is 52.7 Å². The number of hydrogen-bond acceptors (Lipinski definition) is 13. The molecule has 63 heavy (non-hydrogen) atoms. The molecule has 7 N–H and O–H groups in total. The Kier molecular flexibility index (Phi) is 23.2. The number of hydrogen-bond donors (Lipinski definition) is 6. The zero-order valence-corrected chi connectivity index (χ0v) is 38.3. The van der Waals surface area contributed by atoms with Crippen LogP contribution in [-0.2, 0) is 52.7 Å². The lowest BCUT2D eigenvalue weighted by atomic mass is 9.88. The number of primary amides is 1. The van der Waals surface area contributed by atoms with Crippen LogP contribution in [-0.4, -0.2) is 124 Å². The van der Waals surface area contributed by atoms with Crippen molar-refractivity contribution in [2.24, 2.45) is 35.3 Å². The van der Waals surface area contributed by atoms with Crippen LogP contribution in [0, 0.1) is 29.6 Å². The molecule has 18 heteroatoms. The van der Waals surface area contributed by atoms with Crippen molar-refractivity contribution in [3.63, 3.8) is 0 Å². The average molecular weight is 889 g/mol. The number of aliphatic hydroxyl groups excluding tert-OH is 1. The number of likely N-dealkylation sites (tertiary alicyclic amines) is 1. The van der Waals surface area contributed by atoms with Gasteiger partial charge in [0.2, 0.25) is 29.5 Å². The summed E-state index contributed by atoms with van der Waals surface area (Å²) in [5.74, 6) is -6.96. The Hall–Kier alpha value is -4.71. The van der Waals surface area contributed by atoms with Crippen molar-refractivity contribution in [3.8, 4) is 0 Å². The Labute approximate surface area is 371 Å². The number of carbonyl (C=O) groups excluding carboxylic acids is 11. The molecule has 8 atom stereocenters. The van der Waals surface area contributed by atoms with Gasteiger partial charge in [-0.2, -0.15) is 0 Å². The molecule has 2 fully saturated rings. The number of nitrogens with zero attached hydrogens (tertiary/aromatic N) is 1. The van der Waals surface area contributed by atoms with Gasteiger partial charge in [-0.1, -0.05) is 34.6 Å². The van der Waals surface area contributed by atoms with Crippen molar-refractivity contribution in [2.75, 3.05) is 19.6 Å². The van der Waals surface area contributed by atoms with E-state index in [9.17, 15) is 57.8 Å². The summed E-state index contributed by atoms with van der Waals surface area (Å²) in [5, 5.41) is 20.4. The van der Waals surface area contributed by atoms with Crippen LogP contribution in [0.2, 0.25) is 0 Å². The summed E-state index contributed by atoms with van der Waals surface area (Å²) in [6, 6.07) is -3.34. The van der Waals surface area contributed by atoms with Crippen LogP contribution in [0.3, 0.4) is 0 Å². The lowest BCUT2D eigenvalue weighted by Gasteiger charge is -2.25. The van der Waals surface area contributed by atoms with E-state index in [4.69, 9.17) is 5.73 Å². The molecular formula is C45H72N6O12. The maximum Gasteiger partial charge on any atom is 0.224 e. The van der Waals surface area contributed by atoms with Gasteiger partial charge in [-0.25, -0.2) is 0 Å². The molecule has 0 aliphatic carbocycles. The molecule has 5 amide bonds. The van der Waals surface area contributed by atoms with Crippen LogP contribution >= 0.6 is 0 Å². The maximum atomic E-state index is 13.6. The van der Waals surface area contributed by atoms with Crippen molar-refractivity contribution >= 4 is 64.2 Å². The fraction of sp³-hybridized carbons (Fsp3) is 0.756. The van der Waals surface area contributed by atoms with Crippen LogP contribution in [0.1, 0.15) is 138 Å². The summed E-state index contributed by atoms with van der Waals surface area (Å²) in [6.45, 7) is 12.2. The molecule has 0 saturated carbocycles. The SMILES string of the molecule is CC(=O)[C@H](C)CC(=O)[C@@H]1CCCN1C(=O)CCC(=O)[C@H](C)NC(=O)[C@@H](CC(=O)CNC(=O)[C@@H](CC(=O)[C@H](CCC(N)=O)NC(=O)CCC(=O)[C@@H]1C[C@@H](O)CN1)CC(C)C)CC(C)C. The van der Waals surface area contributed by atoms with Gasteiger partial charge in [0.05, 0.1) is 36.8 Å². The third kappa shape index (κ3) is 19.7. The first kappa shape index (κ1) is 54.4. The summed E-state index contributed by atoms with van der Waals surface area (Å²) >= 11 is 0. The second kappa shape index (κ2) is 26.8. The molecular weight excluding hydrogens is 817 g/mol. The Balaban J connectivity index is 1.98. The summed E-state index contributed by atoms with van der Waals surface area (Å²) in [4.78, 5) is 143. The number of aliphatic hydroxyl groups is 1. The first-order valence-electron chi connectivity index (χ1n) is 22.5. The van der Waals surface area contributed by atoms with Crippen molar-refractivity contribution in [1.82, 2.24) is 26.2 Å². The van der Waals surface area contributed by atoms with Crippen LogP contribution < -0.4 is 27.0 Å².